The number of H-pyrrole nitrogens is 1. The summed E-state index contributed by atoms with van der Waals surface area (Å²) in [6, 6.07) is 4.73. The maximum Gasteiger partial charge on any atom is 0.270 e. The second kappa shape index (κ2) is 4.11. The van der Waals surface area contributed by atoms with E-state index in [2.05, 4.69) is 10.2 Å². The van der Waals surface area contributed by atoms with Crippen LogP contribution in [0.15, 0.2) is 40.3 Å². The molecule has 0 saturated carbocycles. The van der Waals surface area contributed by atoms with Crippen LogP contribution in [0, 0.1) is 10.1 Å². The van der Waals surface area contributed by atoms with E-state index < -0.39 is 14.8 Å². The second-order valence-corrected chi connectivity index (χ2v) is 5.32. The molecule has 0 unspecified atom stereocenters. The first-order valence-corrected chi connectivity index (χ1v) is 6.19. The van der Waals surface area contributed by atoms with E-state index in [0.29, 0.717) is 0 Å². The van der Waals surface area contributed by atoms with Crippen LogP contribution >= 0.6 is 0 Å². The smallest absolute Gasteiger partial charge is 0.270 e. The van der Waals surface area contributed by atoms with Crippen LogP contribution in [-0.2, 0) is 9.84 Å². The van der Waals surface area contributed by atoms with E-state index >= 15 is 0 Å². The molecule has 9 heteroatoms. The maximum absolute atomic E-state index is 12.1. The van der Waals surface area contributed by atoms with Crippen molar-refractivity contribution in [3.8, 4) is 0 Å². The highest BCUT2D eigenvalue weighted by Crippen LogP contribution is 2.26. The average molecular weight is 268 g/mol. The number of nitro benzene ring substituents is 1. The first-order valence-electron chi connectivity index (χ1n) is 4.71. The molecule has 1 heterocycles. The van der Waals surface area contributed by atoms with Crippen LogP contribution < -0.4 is 5.73 Å². The number of nitro groups is 1. The Hall–Kier alpha value is -2.42. The van der Waals surface area contributed by atoms with Gasteiger partial charge in [-0.3, -0.25) is 15.2 Å². The van der Waals surface area contributed by atoms with Crippen molar-refractivity contribution in [2.75, 3.05) is 5.73 Å². The van der Waals surface area contributed by atoms with Crippen LogP contribution in [0.1, 0.15) is 0 Å². The largest absolute Gasteiger partial charge is 0.383 e. The molecule has 2 aromatic rings. The molecule has 0 fully saturated rings. The van der Waals surface area contributed by atoms with Crippen molar-refractivity contribution in [2.45, 2.75) is 9.79 Å². The molecule has 3 N–H and O–H groups in total. The topological polar surface area (TPSA) is 132 Å². The Labute approximate surface area is 102 Å². The fraction of sp³-hybridized carbons (Fsp3) is 0. The summed E-state index contributed by atoms with van der Waals surface area (Å²) >= 11 is 0. The minimum atomic E-state index is -3.91. The quantitative estimate of drug-likeness (QED) is 0.623. The number of aromatic nitrogens is 2. The number of nitrogen functional groups attached to an aromatic ring is 1. The van der Waals surface area contributed by atoms with Crippen molar-refractivity contribution in [1.29, 1.82) is 0 Å². The molecule has 18 heavy (non-hydrogen) atoms. The lowest BCUT2D eigenvalue weighted by atomic mass is 10.3. The number of anilines is 1. The zero-order valence-electron chi connectivity index (χ0n) is 8.90. The molecule has 0 aliphatic heterocycles. The molecule has 0 atom stereocenters. The molecule has 0 amide bonds. The third-order valence-corrected chi connectivity index (χ3v) is 4.04. The summed E-state index contributed by atoms with van der Waals surface area (Å²) in [5.41, 5.74) is 5.12. The molecule has 0 aliphatic rings. The SMILES string of the molecule is Nc1[nH]ncc1S(=O)(=O)c1cccc([N+](=O)[O-])c1. The van der Waals surface area contributed by atoms with Gasteiger partial charge in [-0.1, -0.05) is 6.07 Å². The van der Waals surface area contributed by atoms with Crippen LogP contribution in [0.25, 0.3) is 0 Å². The Morgan fingerprint density at radius 1 is 1.39 bits per heavy atom. The van der Waals surface area contributed by atoms with E-state index in [1.165, 1.54) is 18.2 Å². The summed E-state index contributed by atoms with van der Waals surface area (Å²) in [4.78, 5) is 9.52. The van der Waals surface area contributed by atoms with Gasteiger partial charge in [0.25, 0.3) is 5.69 Å². The Balaban J connectivity index is 2.59. The monoisotopic (exact) mass is 268 g/mol. The van der Waals surface area contributed by atoms with Gasteiger partial charge in [-0.2, -0.15) is 5.10 Å². The number of non-ortho nitro benzene ring substituents is 1. The van der Waals surface area contributed by atoms with Gasteiger partial charge in [-0.15, -0.1) is 0 Å². The number of nitrogens with one attached hydrogen (secondary N) is 1. The third kappa shape index (κ3) is 1.91. The van der Waals surface area contributed by atoms with Crippen LogP contribution in [0.4, 0.5) is 11.5 Å². The number of rotatable bonds is 3. The third-order valence-electron chi connectivity index (χ3n) is 2.26. The van der Waals surface area contributed by atoms with Crippen LogP contribution in [0.2, 0.25) is 0 Å². The minimum absolute atomic E-state index is 0.110. The highest BCUT2D eigenvalue weighted by atomic mass is 32.2. The minimum Gasteiger partial charge on any atom is -0.383 e. The second-order valence-electron chi connectivity index (χ2n) is 3.41. The number of hydrogen-bond acceptors (Lipinski definition) is 6. The Bertz CT molecular complexity index is 707. The molecule has 0 saturated heterocycles. The van der Waals surface area contributed by atoms with E-state index in [1.807, 2.05) is 0 Å². The number of sulfone groups is 1. The summed E-state index contributed by atoms with van der Waals surface area (Å²) in [6.45, 7) is 0. The lowest BCUT2D eigenvalue weighted by Crippen LogP contribution is -2.04. The van der Waals surface area contributed by atoms with Crippen molar-refractivity contribution in [3.05, 3.63) is 40.6 Å². The maximum atomic E-state index is 12.1. The molecule has 1 aromatic heterocycles. The van der Waals surface area contributed by atoms with Gasteiger partial charge in [0.05, 0.1) is 16.0 Å². The number of hydrogen-bond donors (Lipinski definition) is 2. The molecule has 0 spiro atoms. The fourth-order valence-corrected chi connectivity index (χ4v) is 2.70. The van der Waals surface area contributed by atoms with E-state index in [0.717, 1.165) is 12.3 Å². The highest BCUT2D eigenvalue weighted by molar-refractivity contribution is 7.91. The van der Waals surface area contributed by atoms with Crippen LogP contribution in [0.5, 0.6) is 0 Å². The highest BCUT2D eigenvalue weighted by Gasteiger charge is 2.23. The van der Waals surface area contributed by atoms with Crippen molar-refractivity contribution in [1.82, 2.24) is 10.2 Å². The first kappa shape index (κ1) is 12.0. The summed E-state index contributed by atoms with van der Waals surface area (Å²) < 4.78 is 24.3. The molecule has 8 nitrogen and oxygen atoms in total. The number of nitrogens with two attached hydrogens (primary N) is 1. The van der Waals surface area contributed by atoms with E-state index in [-0.39, 0.29) is 21.3 Å². The molecule has 94 valence electrons. The normalized spacial score (nSPS) is 11.3. The van der Waals surface area contributed by atoms with Gasteiger partial charge >= 0.3 is 0 Å². The molecular weight excluding hydrogens is 260 g/mol. The summed E-state index contributed by atoms with van der Waals surface area (Å²) in [5.74, 6) is -0.110. The predicted molar refractivity (Wildman–Crippen MR) is 61.5 cm³/mol. The van der Waals surface area contributed by atoms with Crippen molar-refractivity contribution in [2.24, 2.45) is 0 Å². The van der Waals surface area contributed by atoms with Gasteiger partial charge < -0.3 is 5.73 Å². The Morgan fingerprint density at radius 2 is 2.11 bits per heavy atom. The molecule has 0 radical (unpaired) electrons. The van der Waals surface area contributed by atoms with Crippen molar-refractivity contribution in [3.63, 3.8) is 0 Å². The van der Waals surface area contributed by atoms with Crippen LogP contribution in [0.3, 0.4) is 0 Å². The summed E-state index contributed by atoms with van der Waals surface area (Å²) in [6.07, 6.45) is 1.06. The number of aromatic amines is 1. The predicted octanol–water partition coefficient (Wildman–Crippen LogP) is 0.733. The average Bonchev–Trinajstić information content (AvgIpc) is 2.76. The fourth-order valence-electron chi connectivity index (χ4n) is 1.39. The Kier molecular flexibility index (Phi) is 2.75. The number of nitrogens with zero attached hydrogens (tertiary/aromatic N) is 2. The molecule has 0 aliphatic carbocycles. The van der Waals surface area contributed by atoms with Gasteiger partial charge in [0.1, 0.15) is 10.7 Å². The molecule has 2 rings (SSSR count). The zero-order chi connectivity index (χ0) is 13.3. The zero-order valence-corrected chi connectivity index (χ0v) is 9.72. The standard InChI is InChI=1S/C9H8N4O4S/c10-9-8(5-11-12-9)18(16,17)7-3-1-2-6(4-7)13(14)15/h1-5H,(H3,10,11,12). The lowest BCUT2D eigenvalue weighted by molar-refractivity contribution is -0.385. The van der Waals surface area contributed by atoms with Gasteiger partial charge in [0, 0.05) is 12.1 Å². The van der Waals surface area contributed by atoms with Gasteiger partial charge in [-0.05, 0) is 6.07 Å². The van der Waals surface area contributed by atoms with Crippen LogP contribution in [-0.4, -0.2) is 23.5 Å². The van der Waals surface area contributed by atoms with Gasteiger partial charge in [-0.25, -0.2) is 8.42 Å². The Morgan fingerprint density at radius 3 is 2.67 bits per heavy atom. The molecule has 1 aromatic carbocycles. The van der Waals surface area contributed by atoms with Crippen molar-refractivity contribution < 1.29 is 13.3 Å². The van der Waals surface area contributed by atoms with E-state index in [9.17, 15) is 18.5 Å². The van der Waals surface area contributed by atoms with Crippen molar-refractivity contribution >= 4 is 21.3 Å². The summed E-state index contributed by atoms with van der Waals surface area (Å²) in [7, 11) is -3.91. The molecule has 0 bridgehead atoms. The summed E-state index contributed by atoms with van der Waals surface area (Å²) in [5, 5.41) is 16.4. The van der Waals surface area contributed by atoms with Gasteiger partial charge in [0.15, 0.2) is 0 Å². The lowest BCUT2D eigenvalue weighted by Gasteiger charge is -2.02. The molecular formula is C9H8N4O4S. The first-order chi connectivity index (χ1) is 8.43. The van der Waals surface area contributed by atoms with E-state index in [1.54, 1.807) is 0 Å². The van der Waals surface area contributed by atoms with E-state index in [4.69, 9.17) is 5.73 Å². The number of benzene rings is 1. The van der Waals surface area contributed by atoms with Gasteiger partial charge in [0.2, 0.25) is 9.84 Å².